The van der Waals surface area contributed by atoms with Gasteiger partial charge in [0.2, 0.25) is 0 Å². The van der Waals surface area contributed by atoms with Gasteiger partial charge < -0.3 is 10.1 Å². The van der Waals surface area contributed by atoms with E-state index in [2.05, 4.69) is 25.7 Å². The highest BCUT2D eigenvalue weighted by Crippen LogP contribution is 2.40. The Labute approximate surface area is 175 Å². The van der Waals surface area contributed by atoms with Crippen molar-refractivity contribution in [3.05, 3.63) is 85.7 Å². The maximum atomic E-state index is 13.2. The molecule has 0 aliphatic carbocycles. The highest BCUT2D eigenvalue weighted by molar-refractivity contribution is 5.94. The molecule has 1 aliphatic heterocycles. The molecule has 158 valence electrons. The van der Waals surface area contributed by atoms with E-state index in [0.29, 0.717) is 28.6 Å². The van der Waals surface area contributed by atoms with Gasteiger partial charge in [-0.05, 0) is 24.0 Å². The molecule has 1 N–H and O–H groups in total. The molecule has 0 fully saturated rings. The van der Waals surface area contributed by atoms with Gasteiger partial charge in [-0.25, -0.2) is 9.59 Å². The molecule has 1 aliphatic rings. The van der Waals surface area contributed by atoms with Gasteiger partial charge in [0.25, 0.3) is 5.56 Å². The molecule has 0 unspecified atom stereocenters. The molecule has 0 saturated heterocycles. The van der Waals surface area contributed by atoms with E-state index in [9.17, 15) is 14.4 Å². The van der Waals surface area contributed by atoms with Gasteiger partial charge in [-0.1, -0.05) is 50.8 Å². The van der Waals surface area contributed by atoms with E-state index in [4.69, 9.17) is 4.74 Å². The van der Waals surface area contributed by atoms with Crippen LogP contribution in [0.4, 0.5) is 5.82 Å². The first-order valence-electron chi connectivity index (χ1n) is 9.84. The van der Waals surface area contributed by atoms with E-state index in [1.807, 2.05) is 24.3 Å². The summed E-state index contributed by atoms with van der Waals surface area (Å²) in [5, 5.41) is 3.08. The summed E-state index contributed by atoms with van der Waals surface area (Å²) in [4.78, 5) is 38.5. The van der Waals surface area contributed by atoms with Gasteiger partial charge in [0.15, 0.2) is 0 Å². The van der Waals surface area contributed by atoms with Crippen LogP contribution in [-0.4, -0.2) is 21.7 Å². The lowest BCUT2D eigenvalue weighted by Crippen LogP contribution is -2.43. The Morgan fingerprint density at radius 3 is 2.40 bits per heavy atom. The quantitative estimate of drug-likeness (QED) is 0.607. The van der Waals surface area contributed by atoms with E-state index in [0.717, 1.165) is 15.7 Å². The first-order valence-corrected chi connectivity index (χ1v) is 9.84. The van der Waals surface area contributed by atoms with Crippen LogP contribution in [0.25, 0.3) is 0 Å². The maximum absolute atomic E-state index is 13.2. The molecule has 2 aromatic rings. The molecule has 3 rings (SSSR count). The number of rotatable bonds is 5. The number of hydrogen-bond acceptors (Lipinski definition) is 5. The summed E-state index contributed by atoms with van der Waals surface area (Å²) in [7, 11) is 3.03. The molecule has 0 spiro atoms. The minimum absolute atomic E-state index is 0.0623. The van der Waals surface area contributed by atoms with Crippen molar-refractivity contribution in [1.82, 2.24) is 9.13 Å². The van der Waals surface area contributed by atoms with Gasteiger partial charge in [0, 0.05) is 19.8 Å². The van der Waals surface area contributed by atoms with Crippen molar-refractivity contribution in [2.75, 3.05) is 11.9 Å². The summed E-state index contributed by atoms with van der Waals surface area (Å²) < 4.78 is 7.77. The Bertz CT molecular complexity index is 1150. The average molecular weight is 409 g/mol. The van der Waals surface area contributed by atoms with Crippen LogP contribution in [0.15, 0.2) is 57.8 Å². The van der Waals surface area contributed by atoms with Gasteiger partial charge in [0.05, 0.1) is 17.1 Å². The number of nitrogens with zero attached hydrogens (tertiary/aromatic N) is 2. The standard InChI is InChI=1S/C23H27N3O4/c1-7-12-30-22(28)17-14(4)24-20-19(21(27)26(6)23(29)25(20)5)18(17)16-10-8-15(9-11-16)13(2)3/h7-11,13,18,24H,1,12H2,2-6H3/t18-/m0/s1. The molecule has 30 heavy (non-hydrogen) atoms. The van der Waals surface area contributed by atoms with Crippen molar-refractivity contribution >= 4 is 11.8 Å². The zero-order valence-electron chi connectivity index (χ0n) is 18.0. The van der Waals surface area contributed by atoms with Gasteiger partial charge in [-0.3, -0.25) is 13.9 Å². The van der Waals surface area contributed by atoms with Crippen LogP contribution in [0.2, 0.25) is 0 Å². The lowest BCUT2D eigenvalue weighted by molar-refractivity contribution is -0.138. The molecule has 7 heteroatoms. The fraction of sp³-hybridized carbons (Fsp3) is 0.348. The van der Waals surface area contributed by atoms with Crippen LogP contribution in [0, 0.1) is 0 Å². The molecular formula is C23H27N3O4. The Hall–Kier alpha value is -3.35. The SMILES string of the molecule is C=CCOC(=O)C1=C(C)Nc2c(c(=O)n(C)c(=O)n2C)[C@H]1c1ccc(C(C)C)cc1. The number of carbonyl (C=O) groups is 1. The first-order chi connectivity index (χ1) is 14.2. The molecule has 0 bridgehead atoms. The third-order valence-corrected chi connectivity index (χ3v) is 5.48. The number of nitrogens with one attached hydrogen (secondary N) is 1. The monoisotopic (exact) mass is 409 g/mol. The summed E-state index contributed by atoms with van der Waals surface area (Å²) in [6.45, 7) is 9.59. The third kappa shape index (κ3) is 3.51. The second kappa shape index (κ2) is 8.18. The molecule has 0 radical (unpaired) electrons. The summed E-state index contributed by atoms with van der Waals surface area (Å²) >= 11 is 0. The average Bonchev–Trinajstić information content (AvgIpc) is 2.73. The molecular weight excluding hydrogens is 382 g/mol. The highest BCUT2D eigenvalue weighted by Gasteiger charge is 2.37. The molecule has 0 saturated carbocycles. The molecule has 0 amide bonds. The number of hydrogen-bond donors (Lipinski definition) is 1. The number of benzene rings is 1. The number of carbonyl (C=O) groups excluding carboxylic acids is 1. The molecule has 7 nitrogen and oxygen atoms in total. The Morgan fingerprint density at radius 2 is 1.83 bits per heavy atom. The number of ether oxygens (including phenoxy) is 1. The minimum Gasteiger partial charge on any atom is -0.458 e. The topological polar surface area (TPSA) is 82.3 Å². The second-order valence-electron chi connectivity index (χ2n) is 7.77. The van der Waals surface area contributed by atoms with E-state index < -0.39 is 23.1 Å². The molecule has 2 heterocycles. The van der Waals surface area contributed by atoms with Gasteiger partial charge in [-0.15, -0.1) is 0 Å². The van der Waals surface area contributed by atoms with E-state index in [1.54, 1.807) is 14.0 Å². The zero-order chi connectivity index (χ0) is 22.2. The second-order valence-corrected chi connectivity index (χ2v) is 7.77. The molecule has 1 aromatic heterocycles. The highest BCUT2D eigenvalue weighted by atomic mass is 16.5. The van der Waals surface area contributed by atoms with Crippen molar-refractivity contribution in [2.24, 2.45) is 14.1 Å². The number of fused-ring (bicyclic) bond motifs is 1. The normalized spacial score (nSPS) is 15.6. The van der Waals surface area contributed by atoms with Gasteiger partial charge in [0.1, 0.15) is 12.4 Å². The fourth-order valence-corrected chi connectivity index (χ4v) is 3.78. The predicted molar refractivity (Wildman–Crippen MR) is 117 cm³/mol. The number of aromatic nitrogens is 2. The lowest BCUT2D eigenvalue weighted by atomic mass is 9.81. The lowest BCUT2D eigenvalue weighted by Gasteiger charge is -2.31. The maximum Gasteiger partial charge on any atom is 0.337 e. The summed E-state index contributed by atoms with van der Waals surface area (Å²) in [5.74, 6) is -0.453. The van der Waals surface area contributed by atoms with E-state index >= 15 is 0 Å². The van der Waals surface area contributed by atoms with Crippen molar-refractivity contribution in [3.63, 3.8) is 0 Å². The Morgan fingerprint density at radius 1 is 1.20 bits per heavy atom. The predicted octanol–water partition coefficient (Wildman–Crippen LogP) is 2.77. The van der Waals surface area contributed by atoms with Crippen molar-refractivity contribution in [1.29, 1.82) is 0 Å². The molecule has 1 aromatic carbocycles. The fourth-order valence-electron chi connectivity index (χ4n) is 3.78. The number of anilines is 1. The van der Waals surface area contributed by atoms with Crippen LogP contribution in [0.5, 0.6) is 0 Å². The number of allylic oxidation sites excluding steroid dienone is 1. The number of esters is 1. The molecule has 1 atom stereocenters. The third-order valence-electron chi connectivity index (χ3n) is 5.48. The van der Waals surface area contributed by atoms with Crippen molar-refractivity contribution < 1.29 is 9.53 Å². The van der Waals surface area contributed by atoms with Crippen LogP contribution >= 0.6 is 0 Å². The van der Waals surface area contributed by atoms with E-state index in [-0.39, 0.29) is 6.61 Å². The first kappa shape index (κ1) is 21.4. The van der Waals surface area contributed by atoms with Crippen LogP contribution in [-0.2, 0) is 23.6 Å². The van der Waals surface area contributed by atoms with Crippen LogP contribution in [0.3, 0.4) is 0 Å². The van der Waals surface area contributed by atoms with Crippen LogP contribution < -0.4 is 16.6 Å². The minimum atomic E-state index is -0.662. The Kier molecular flexibility index (Phi) is 5.82. The summed E-state index contributed by atoms with van der Waals surface area (Å²) in [5.41, 5.74) is 2.27. The van der Waals surface area contributed by atoms with Crippen molar-refractivity contribution in [3.8, 4) is 0 Å². The smallest absolute Gasteiger partial charge is 0.337 e. The summed E-state index contributed by atoms with van der Waals surface area (Å²) in [6, 6.07) is 7.84. The van der Waals surface area contributed by atoms with E-state index in [1.165, 1.54) is 17.7 Å². The zero-order valence-corrected chi connectivity index (χ0v) is 18.0. The van der Waals surface area contributed by atoms with Gasteiger partial charge >= 0.3 is 11.7 Å². The Balaban J connectivity index is 2.30. The van der Waals surface area contributed by atoms with Crippen LogP contribution in [0.1, 0.15) is 49.3 Å². The van der Waals surface area contributed by atoms with Gasteiger partial charge in [-0.2, -0.15) is 0 Å². The summed E-state index contributed by atoms with van der Waals surface area (Å²) in [6.07, 6.45) is 1.49. The van der Waals surface area contributed by atoms with Crippen molar-refractivity contribution in [2.45, 2.75) is 32.6 Å². The largest absolute Gasteiger partial charge is 0.458 e.